The maximum atomic E-state index is 14.1. The zero-order valence-corrected chi connectivity index (χ0v) is 25.0. The van der Waals surface area contributed by atoms with Crippen LogP contribution >= 0.6 is 0 Å². The van der Waals surface area contributed by atoms with Crippen molar-refractivity contribution in [3.05, 3.63) is 76.7 Å². The number of aryl methyl sites for hydroxylation is 1. The average Bonchev–Trinajstić information content (AvgIpc) is 3.17. The van der Waals surface area contributed by atoms with Gasteiger partial charge in [-0.25, -0.2) is 9.18 Å². The van der Waals surface area contributed by atoms with Crippen molar-refractivity contribution >= 4 is 29.7 Å². The first-order valence-electron chi connectivity index (χ1n) is 14.8. The number of nitrogens with one attached hydrogen (secondary N) is 2. The van der Waals surface area contributed by atoms with Crippen LogP contribution in [0.1, 0.15) is 61.4 Å². The smallest absolute Gasteiger partial charge is 0.325 e. The number of cyclic esters (lactones) is 1. The fourth-order valence-corrected chi connectivity index (χ4v) is 5.77. The monoisotopic (exact) mass is 601 g/mol. The number of fused-ring (bicyclic) bond motifs is 3. The lowest BCUT2D eigenvalue weighted by molar-refractivity contribution is -0.156. The van der Waals surface area contributed by atoms with Crippen molar-refractivity contribution in [1.29, 1.82) is 0 Å². The predicted octanol–water partition coefficient (Wildman–Crippen LogP) is 5.54. The van der Waals surface area contributed by atoms with Gasteiger partial charge in [0.2, 0.25) is 0 Å². The zero-order chi connectivity index (χ0) is 31.4. The first kappa shape index (κ1) is 30.9. The van der Waals surface area contributed by atoms with Crippen LogP contribution < -0.4 is 10.6 Å². The van der Waals surface area contributed by atoms with Crippen LogP contribution in [-0.2, 0) is 31.9 Å². The van der Waals surface area contributed by atoms with Crippen molar-refractivity contribution < 1.29 is 33.4 Å². The normalized spacial score (nSPS) is 17.8. The third-order valence-electron chi connectivity index (χ3n) is 7.82. The Kier molecular flexibility index (Phi) is 9.39. The van der Waals surface area contributed by atoms with Crippen LogP contribution in [-0.4, -0.2) is 53.9 Å². The van der Waals surface area contributed by atoms with Gasteiger partial charge in [-0.3, -0.25) is 14.6 Å². The van der Waals surface area contributed by atoms with Crippen LogP contribution in [0.25, 0.3) is 28.5 Å². The van der Waals surface area contributed by atoms with Gasteiger partial charge in [0.15, 0.2) is 0 Å². The zero-order valence-electron chi connectivity index (χ0n) is 25.0. The van der Waals surface area contributed by atoms with Crippen LogP contribution in [0.5, 0.6) is 0 Å². The van der Waals surface area contributed by atoms with Gasteiger partial charge in [0.1, 0.15) is 18.5 Å². The molecule has 3 aromatic rings. The lowest BCUT2D eigenvalue weighted by Gasteiger charge is -2.25. The van der Waals surface area contributed by atoms with E-state index in [4.69, 9.17) is 9.72 Å². The molecule has 9 nitrogen and oxygen atoms in total. The number of hydrogen-bond donors (Lipinski definition) is 3. The van der Waals surface area contributed by atoms with Crippen molar-refractivity contribution in [2.45, 2.75) is 64.1 Å². The highest BCUT2D eigenvalue weighted by molar-refractivity contribution is 5.92. The second-order valence-corrected chi connectivity index (χ2v) is 11.4. The van der Waals surface area contributed by atoms with E-state index in [1.54, 1.807) is 24.3 Å². The molecule has 2 amide bonds. The molecular formula is C34H36FN3O6. The van der Waals surface area contributed by atoms with E-state index in [1.165, 1.54) is 19.2 Å². The molecule has 5 rings (SSSR count). The quantitative estimate of drug-likeness (QED) is 0.304. The number of urea groups is 1. The third kappa shape index (κ3) is 6.97. The standard InChI is InChI=1S/C34H36FN3O6/c1-19(2)32-28(14-12-25-16-24(39)17-29(40)44-25)31(20-7-9-22(35)10-8-20)27-6-4-5-21-15-23(11-13-26(21)33(27)38-32)37-34(42)36-18-30(41)43-3/h7-15,19,24-25,39H,4-6,16-18H2,1-3H3,(H2,36,37,42)/b14-12+/t24-,25-/m1/s1. The van der Waals surface area contributed by atoms with Gasteiger partial charge >= 0.3 is 18.0 Å². The van der Waals surface area contributed by atoms with Crippen LogP contribution in [0.4, 0.5) is 14.9 Å². The molecule has 2 aromatic carbocycles. The molecule has 44 heavy (non-hydrogen) atoms. The Hall–Kier alpha value is -4.57. The summed E-state index contributed by atoms with van der Waals surface area (Å²) in [6.45, 7) is 3.88. The number of benzene rings is 2. The molecule has 0 saturated carbocycles. The highest BCUT2D eigenvalue weighted by atomic mass is 19.1. The number of aliphatic hydroxyl groups is 1. The predicted molar refractivity (Wildman–Crippen MR) is 164 cm³/mol. The highest BCUT2D eigenvalue weighted by Crippen LogP contribution is 2.42. The molecule has 0 unspecified atom stereocenters. The first-order chi connectivity index (χ1) is 21.1. The van der Waals surface area contributed by atoms with Gasteiger partial charge in [-0.2, -0.15) is 0 Å². The summed E-state index contributed by atoms with van der Waals surface area (Å²) in [4.78, 5) is 40.9. The number of esters is 2. The minimum atomic E-state index is -0.757. The van der Waals surface area contributed by atoms with Crippen molar-refractivity contribution in [2.75, 3.05) is 19.0 Å². The summed E-state index contributed by atoms with van der Waals surface area (Å²) in [6, 6.07) is 11.6. The summed E-state index contributed by atoms with van der Waals surface area (Å²) in [6.07, 6.45) is 4.96. The third-order valence-corrected chi connectivity index (χ3v) is 7.82. The number of methoxy groups -OCH3 is 1. The Bertz CT molecular complexity index is 1600. The maximum Gasteiger partial charge on any atom is 0.325 e. The van der Waals surface area contributed by atoms with Gasteiger partial charge in [0, 0.05) is 23.2 Å². The summed E-state index contributed by atoms with van der Waals surface area (Å²) in [5.74, 6) is -1.30. The van der Waals surface area contributed by atoms with Crippen molar-refractivity contribution in [3.63, 3.8) is 0 Å². The molecule has 1 saturated heterocycles. The molecule has 1 aliphatic heterocycles. The molecule has 1 aromatic heterocycles. The van der Waals surface area contributed by atoms with E-state index in [1.807, 2.05) is 18.2 Å². The number of ether oxygens (including phenoxy) is 2. The molecule has 0 spiro atoms. The topological polar surface area (TPSA) is 127 Å². The molecule has 230 valence electrons. The second kappa shape index (κ2) is 13.4. The number of aliphatic hydroxyl groups excluding tert-OH is 1. The molecule has 3 N–H and O–H groups in total. The van der Waals surface area contributed by atoms with Gasteiger partial charge in [-0.1, -0.05) is 38.1 Å². The Labute approximate surface area is 255 Å². The summed E-state index contributed by atoms with van der Waals surface area (Å²) >= 11 is 0. The number of carbonyl (C=O) groups is 3. The van der Waals surface area contributed by atoms with E-state index >= 15 is 0 Å². The summed E-state index contributed by atoms with van der Waals surface area (Å²) < 4.78 is 24.1. The molecule has 2 aliphatic rings. The highest BCUT2D eigenvalue weighted by Gasteiger charge is 2.28. The largest absolute Gasteiger partial charge is 0.468 e. The molecule has 2 atom stereocenters. The number of aromatic nitrogens is 1. The van der Waals surface area contributed by atoms with Crippen LogP contribution in [0.3, 0.4) is 0 Å². The minimum absolute atomic E-state index is 0.0162. The Morgan fingerprint density at radius 1 is 1.18 bits per heavy atom. The first-order valence-corrected chi connectivity index (χ1v) is 14.8. The van der Waals surface area contributed by atoms with E-state index < -0.39 is 30.2 Å². The molecule has 0 radical (unpaired) electrons. The molecule has 0 bridgehead atoms. The number of halogens is 1. The number of nitrogens with zero attached hydrogens (tertiary/aromatic N) is 1. The number of carbonyl (C=O) groups excluding carboxylic acids is 3. The molecule has 2 heterocycles. The fraction of sp³-hybridized carbons (Fsp3) is 0.353. The number of anilines is 1. The van der Waals surface area contributed by atoms with Gasteiger partial charge < -0.3 is 25.2 Å². The molecular weight excluding hydrogens is 565 g/mol. The fourth-order valence-electron chi connectivity index (χ4n) is 5.77. The van der Waals surface area contributed by atoms with E-state index in [9.17, 15) is 23.9 Å². The Balaban J connectivity index is 1.60. The van der Waals surface area contributed by atoms with E-state index in [0.717, 1.165) is 57.6 Å². The lowest BCUT2D eigenvalue weighted by Crippen LogP contribution is -2.33. The summed E-state index contributed by atoms with van der Waals surface area (Å²) in [7, 11) is 1.25. The Morgan fingerprint density at radius 2 is 1.95 bits per heavy atom. The summed E-state index contributed by atoms with van der Waals surface area (Å²) in [5, 5.41) is 15.4. The lowest BCUT2D eigenvalue weighted by atomic mass is 9.86. The van der Waals surface area contributed by atoms with Gasteiger partial charge in [0.05, 0.1) is 31.0 Å². The molecule has 10 heteroatoms. The maximum absolute atomic E-state index is 14.1. The van der Waals surface area contributed by atoms with Crippen molar-refractivity contribution in [2.24, 2.45) is 0 Å². The van der Waals surface area contributed by atoms with E-state index in [-0.39, 0.29) is 24.7 Å². The second-order valence-electron chi connectivity index (χ2n) is 11.4. The molecule has 1 aliphatic carbocycles. The van der Waals surface area contributed by atoms with Crippen LogP contribution in [0.2, 0.25) is 0 Å². The Morgan fingerprint density at radius 3 is 2.66 bits per heavy atom. The van der Waals surface area contributed by atoms with Crippen LogP contribution in [0.15, 0.2) is 48.5 Å². The SMILES string of the molecule is COC(=O)CNC(=O)Nc1ccc2c(c1)CCCc1c-2nc(C(C)C)c(/C=C/[C@@H]2C[C@@H](O)CC(=O)O2)c1-c1ccc(F)cc1. The number of rotatable bonds is 7. The summed E-state index contributed by atoms with van der Waals surface area (Å²) in [5.41, 5.74) is 7.89. The van der Waals surface area contributed by atoms with Gasteiger partial charge in [-0.05, 0) is 77.8 Å². The minimum Gasteiger partial charge on any atom is -0.468 e. The number of hydrogen-bond acceptors (Lipinski definition) is 7. The molecule has 1 fully saturated rings. The number of amides is 2. The average molecular weight is 602 g/mol. The van der Waals surface area contributed by atoms with Gasteiger partial charge in [0.25, 0.3) is 0 Å². The van der Waals surface area contributed by atoms with E-state index in [0.29, 0.717) is 18.5 Å². The van der Waals surface area contributed by atoms with E-state index in [2.05, 4.69) is 29.2 Å². The number of pyridine rings is 1. The van der Waals surface area contributed by atoms with Crippen LogP contribution in [0, 0.1) is 5.82 Å². The van der Waals surface area contributed by atoms with Gasteiger partial charge in [-0.15, -0.1) is 0 Å². The van der Waals surface area contributed by atoms with Crippen molar-refractivity contribution in [3.8, 4) is 22.4 Å². The van der Waals surface area contributed by atoms with Crippen molar-refractivity contribution in [1.82, 2.24) is 10.3 Å².